The van der Waals surface area contributed by atoms with Crippen LogP contribution in [0.1, 0.15) is 21.5 Å². The summed E-state index contributed by atoms with van der Waals surface area (Å²) in [6.45, 7) is 0. The molecule has 86 valence electrons. The van der Waals surface area contributed by atoms with E-state index in [0.29, 0.717) is 17.5 Å². The number of carbonyl (C=O) groups is 1. The van der Waals surface area contributed by atoms with Crippen molar-refractivity contribution < 1.29 is 13.6 Å². The van der Waals surface area contributed by atoms with E-state index in [1.165, 1.54) is 6.07 Å². The fourth-order valence-electron chi connectivity index (χ4n) is 1.60. The molecule has 17 heavy (non-hydrogen) atoms. The van der Waals surface area contributed by atoms with Gasteiger partial charge < -0.3 is 0 Å². The highest BCUT2D eigenvalue weighted by Gasteiger charge is 2.03. The molecule has 2 aromatic rings. The largest absolute Gasteiger partial charge is 0.298 e. The number of hydrogen-bond donors (Lipinski definition) is 0. The predicted octanol–water partition coefficient (Wildman–Crippen LogP) is 3.37. The van der Waals surface area contributed by atoms with E-state index in [0.717, 1.165) is 17.9 Å². The highest BCUT2D eigenvalue weighted by Crippen LogP contribution is 2.13. The first-order valence-corrected chi connectivity index (χ1v) is 5.17. The smallest absolute Gasteiger partial charge is 0.159 e. The van der Waals surface area contributed by atoms with Gasteiger partial charge in [-0.1, -0.05) is 30.3 Å². The zero-order valence-corrected chi connectivity index (χ0v) is 8.99. The van der Waals surface area contributed by atoms with Crippen LogP contribution < -0.4 is 0 Å². The number of halogens is 2. The number of benzene rings is 2. The molecule has 0 N–H and O–H groups in total. The standard InChI is InChI=1S/C14H10F2O/c15-13-6-5-12(8-14(13)16)7-10-1-3-11(9-17)4-2-10/h1-6,8-9H,7H2. The van der Waals surface area contributed by atoms with E-state index < -0.39 is 11.6 Å². The highest BCUT2D eigenvalue weighted by molar-refractivity contribution is 5.74. The summed E-state index contributed by atoms with van der Waals surface area (Å²) in [6.07, 6.45) is 1.28. The van der Waals surface area contributed by atoms with Gasteiger partial charge in [-0.25, -0.2) is 8.78 Å². The summed E-state index contributed by atoms with van der Waals surface area (Å²) >= 11 is 0. The van der Waals surface area contributed by atoms with Gasteiger partial charge in [0.1, 0.15) is 6.29 Å². The maximum atomic E-state index is 13.0. The van der Waals surface area contributed by atoms with Crippen LogP contribution in [0.4, 0.5) is 8.78 Å². The summed E-state index contributed by atoms with van der Waals surface area (Å²) in [5.41, 5.74) is 2.24. The molecule has 2 aromatic carbocycles. The topological polar surface area (TPSA) is 17.1 Å². The maximum absolute atomic E-state index is 13.0. The SMILES string of the molecule is O=Cc1ccc(Cc2ccc(F)c(F)c2)cc1. The summed E-state index contributed by atoms with van der Waals surface area (Å²) in [7, 11) is 0. The summed E-state index contributed by atoms with van der Waals surface area (Å²) in [5, 5.41) is 0. The molecule has 2 rings (SSSR count). The van der Waals surface area contributed by atoms with Crippen LogP contribution in [-0.2, 0) is 6.42 Å². The molecule has 0 heterocycles. The van der Waals surface area contributed by atoms with Gasteiger partial charge in [0.05, 0.1) is 0 Å². The molecule has 0 aliphatic rings. The van der Waals surface area contributed by atoms with Crippen LogP contribution in [-0.4, -0.2) is 6.29 Å². The van der Waals surface area contributed by atoms with Crippen molar-refractivity contribution in [3.8, 4) is 0 Å². The Bertz CT molecular complexity index is 532. The van der Waals surface area contributed by atoms with Crippen LogP contribution in [0.3, 0.4) is 0 Å². The molecule has 0 spiro atoms. The third kappa shape index (κ3) is 2.75. The van der Waals surface area contributed by atoms with Gasteiger partial charge in [-0.15, -0.1) is 0 Å². The van der Waals surface area contributed by atoms with Crippen LogP contribution in [0.25, 0.3) is 0 Å². The monoisotopic (exact) mass is 232 g/mol. The summed E-state index contributed by atoms with van der Waals surface area (Å²) in [5.74, 6) is -1.68. The minimum Gasteiger partial charge on any atom is -0.298 e. The lowest BCUT2D eigenvalue weighted by Gasteiger charge is -2.03. The van der Waals surface area contributed by atoms with Crippen LogP contribution in [0.15, 0.2) is 42.5 Å². The van der Waals surface area contributed by atoms with Gasteiger partial charge in [-0.2, -0.15) is 0 Å². The van der Waals surface area contributed by atoms with E-state index in [1.54, 1.807) is 30.3 Å². The maximum Gasteiger partial charge on any atom is 0.159 e. The van der Waals surface area contributed by atoms with Crippen LogP contribution >= 0.6 is 0 Å². The van der Waals surface area contributed by atoms with E-state index >= 15 is 0 Å². The second kappa shape index (κ2) is 4.87. The number of carbonyl (C=O) groups excluding carboxylic acids is 1. The minimum atomic E-state index is -0.843. The Morgan fingerprint density at radius 1 is 0.882 bits per heavy atom. The molecule has 0 bridgehead atoms. The van der Waals surface area contributed by atoms with E-state index in [9.17, 15) is 13.6 Å². The molecular formula is C14H10F2O. The highest BCUT2D eigenvalue weighted by atomic mass is 19.2. The molecule has 0 aliphatic heterocycles. The van der Waals surface area contributed by atoms with Crippen molar-refractivity contribution in [2.45, 2.75) is 6.42 Å². The molecule has 3 heteroatoms. The molecule has 0 amide bonds. The van der Waals surface area contributed by atoms with Gasteiger partial charge in [0.2, 0.25) is 0 Å². The average molecular weight is 232 g/mol. The first kappa shape index (κ1) is 11.5. The van der Waals surface area contributed by atoms with Crippen molar-refractivity contribution in [1.29, 1.82) is 0 Å². The van der Waals surface area contributed by atoms with E-state index in [1.807, 2.05) is 0 Å². The second-order valence-corrected chi connectivity index (χ2v) is 3.78. The number of rotatable bonds is 3. The van der Waals surface area contributed by atoms with Crippen molar-refractivity contribution >= 4 is 6.29 Å². The molecule has 0 radical (unpaired) electrons. The normalized spacial score (nSPS) is 10.2. The van der Waals surface area contributed by atoms with Gasteiger partial charge >= 0.3 is 0 Å². The summed E-state index contributed by atoms with van der Waals surface area (Å²) in [4.78, 5) is 10.5. The second-order valence-electron chi connectivity index (χ2n) is 3.78. The molecule has 0 aliphatic carbocycles. The Morgan fingerprint density at radius 3 is 2.12 bits per heavy atom. The average Bonchev–Trinajstić information content (AvgIpc) is 2.35. The van der Waals surface area contributed by atoms with Crippen molar-refractivity contribution in [2.24, 2.45) is 0 Å². The Balaban J connectivity index is 2.19. The van der Waals surface area contributed by atoms with Crippen LogP contribution in [0.5, 0.6) is 0 Å². The molecule has 0 fully saturated rings. The third-order valence-corrected chi connectivity index (χ3v) is 2.51. The fraction of sp³-hybridized carbons (Fsp3) is 0.0714. The molecule has 0 atom stereocenters. The molecule has 0 aromatic heterocycles. The van der Waals surface area contributed by atoms with Gasteiger partial charge in [-0.3, -0.25) is 4.79 Å². The zero-order chi connectivity index (χ0) is 12.3. The van der Waals surface area contributed by atoms with Crippen molar-refractivity contribution in [3.05, 3.63) is 70.8 Å². The lowest BCUT2D eigenvalue weighted by atomic mass is 10.0. The van der Waals surface area contributed by atoms with Crippen molar-refractivity contribution in [3.63, 3.8) is 0 Å². The van der Waals surface area contributed by atoms with E-state index in [4.69, 9.17) is 0 Å². The molecule has 0 saturated carbocycles. The lowest BCUT2D eigenvalue weighted by Crippen LogP contribution is -1.92. The molecular weight excluding hydrogens is 222 g/mol. The van der Waals surface area contributed by atoms with Crippen molar-refractivity contribution in [1.82, 2.24) is 0 Å². The van der Waals surface area contributed by atoms with E-state index in [2.05, 4.69) is 0 Å². The zero-order valence-electron chi connectivity index (χ0n) is 8.99. The number of aldehydes is 1. The molecule has 0 unspecified atom stereocenters. The molecule has 1 nitrogen and oxygen atoms in total. The van der Waals surface area contributed by atoms with Gasteiger partial charge in [-0.05, 0) is 29.7 Å². The Kier molecular flexibility index (Phi) is 3.28. The van der Waals surface area contributed by atoms with Crippen molar-refractivity contribution in [2.75, 3.05) is 0 Å². The van der Waals surface area contributed by atoms with Gasteiger partial charge in [0, 0.05) is 5.56 Å². The van der Waals surface area contributed by atoms with E-state index in [-0.39, 0.29) is 0 Å². The van der Waals surface area contributed by atoms with Gasteiger partial charge in [0.15, 0.2) is 11.6 Å². The van der Waals surface area contributed by atoms with Crippen LogP contribution in [0, 0.1) is 11.6 Å². The van der Waals surface area contributed by atoms with Gasteiger partial charge in [0.25, 0.3) is 0 Å². The molecule has 0 saturated heterocycles. The van der Waals surface area contributed by atoms with Crippen LogP contribution in [0.2, 0.25) is 0 Å². The third-order valence-electron chi connectivity index (χ3n) is 2.51. The lowest BCUT2D eigenvalue weighted by molar-refractivity contribution is 0.112. The Labute approximate surface area is 97.7 Å². The predicted molar refractivity (Wildman–Crippen MR) is 61.0 cm³/mol. The first-order chi connectivity index (χ1) is 8.19. The summed E-state index contributed by atoms with van der Waals surface area (Å²) < 4.78 is 25.7. The quantitative estimate of drug-likeness (QED) is 0.741. The summed E-state index contributed by atoms with van der Waals surface area (Å²) in [6, 6.07) is 10.8. The Hall–Kier alpha value is -2.03. The first-order valence-electron chi connectivity index (χ1n) is 5.17. The Morgan fingerprint density at radius 2 is 1.53 bits per heavy atom. The fourth-order valence-corrected chi connectivity index (χ4v) is 1.60. The number of hydrogen-bond acceptors (Lipinski definition) is 1. The minimum absolute atomic E-state index is 0.510.